The van der Waals surface area contributed by atoms with Gasteiger partial charge in [0.1, 0.15) is 6.17 Å². The molecular formula is C9H18FN. The largest absolute Gasteiger partial charge is 0.313 e. The highest BCUT2D eigenvalue weighted by Gasteiger charge is 2.44. The van der Waals surface area contributed by atoms with Crippen LogP contribution < -0.4 is 5.32 Å². The Kier molecular flexibility index (Phi) is 2.53. The fourth-order valence-corrected chi connectivity index (χ4v) is 2.07. The van der Waals surface area contributed by atoms with E-state index < -0.39 is 6.17 Å². The normalized spacial score (nSPS) is 38.5. The fraction of sp³-hybridized carbons (Fsp3) is 1.00. The molecule has 1 aliphatic heterocycles. The third-order valence-electron chi connectivity index (χ3n) is 3.21. The lowest BCUT2D eigenvalue weighted by Gasteiger charge is -2.33. The maximum absolute atomic E-state index is 13.4. The highest BCUT2D eigenvalue weighted by molar-refractivity contribution is 4.96. The molecule has 2 heteroatoms. The molecule has 0 bridgehead atoms. The molecule has 0 saturated carbocycles. The minimum atomic E-state index is -0.646. The van der Waals surface area contributed by atoms with Crippen molar-refractivity contribution in [2.45, 2.75) is 33.4 Å². The third kappa shape index (κ3) is 1.28. The first-order chi connectivity index (χ1) is 5.13. The first-order valence-electron chi connectivity index (χ1n) is 4.48. The SMILES string of the molecule is CCC1(C(C)C)CNCC1F. The quantitative estimate of drug-likeness (QED) is 0.649. The Morgan fingerprint density at radius 1 is 1.64 bits per heavy atom. The van der Waals surface area contributed by atoms with Gasteiger partial charge in [0.25, 0.3) is 0 Å². The van der Waals surface area contributed by atoms with Crippen molar-refractivity contribution in [3.63, 3.8) is 0 Å². The van der Waals surface area contributed by atoms with Crippen molar-refractivity contribution >= 4 is 0 Å². The van der Waals surface area contributed by atoms with E-state index in [1.807, 2.05) is 0 Å². The summed E-state index contributed by atoms with van der Waals surface area (Å²) in [5.74, 6) is 0.442. The van der Waals surface area contributed by atoms with Crippen molar-refractivity contribution in [1.82, 2.24) is 5.32 Å². The Morgan fingerprint density at radius 2 is 2.27 bits per heavy atom. The van der Waals surface area contributed by atoms with Gasteiger partial charge in [0.15, 0.2) is 0 Å². The highest BCUT2D eigenvalue weighted by atomic mass is 19.1. The van der Waals surface area contributed by atoms with E-state index in [2.05, 4.69) is 26.1 Å². The third-order valence-corrected chi connectivity index (χ3v) is 3.21. The number of hydrogen-bond acceptors (Lipinski definition) is 1. The molecule has 0 radical (unpaired) electrons. The van der Waals surface area contributed by atoms with Crippen molar-refractivity contribution in [2.24, 2.45) is 11.3 Å². The van der Waals surface area contributed by atoms with Gasteiger partial charge in [0.2, 0.25) is 0 Å². The maximum Gasteiger partial charge on any atom is 0.120 e. The summed E-state index contributed by atoms with van der Waals surface area (Å²) in [5.41, 5.74) is -0.0833. The Bertz CT molecular complexity index is 136. The molecule has 1 N–H and O–H groups in total. The molecule has 1 fully saturated rings. The molecule has 0 aromatic carbocycles. The molecule has 1 saturated heterocycles. The molecule has 0 aromatic rings. The lowest BCUT2D eigenvalue weighted by Crippen LogP contribution is -2.36. The van der Waals surface area contributed by atoms with Crippen LogP contribution in [0.15, 0.2) is 0 Å². The molecular weight excluding hydrogens is 141 g/mol. The van der Waals surface area contributed by atoms with Gasteiger partial charge in [-0.2, -0.15) is 0 Å². The zero-order valence-corrected chi connectivity index (χ0v) is 7.65. The Labute approximate surface area is 68.4 Å². The van der Waals surface area contributed by atoms with Crippen LogP contribution in [-0.2, 0) is 0 Å². The lowest BCUT2D eigenvalue weighted by molar-refractivity contribution is 0.0979. The molecule has 0 aromatic heterocycles. The summed E-state index contributed by atoms with van der Waals surface area (Å²) >= 11 is 0. The van der Waals surface area contributed by atoms with E-state index in [0.717, 1.165) is 13.0 Å². The summed E-state index contributed by atoms with van der Waals surface area (Å²) in [6.07, 6.45) is 0.297. The molecule has 1 rings (SSSR count). The summed E-state index contributed by atoms with van der Waals surface area (Å²) in [4.78, 5) is 0. The Morgan fingerprint density at radius 3 is 2.45 bits per heavy atom. The van der Waals surface area contributed by atoms with E-state index in [1.54, 1.807) is 0 Å². The maximum atomic E-state index is 13.4. The van der Waals surface area contributed by atoms with Crippen molar-refractivity contribution in [3.05, 3.63) is 0 Å². The fourth-order valence-electron chi connectivity index (χ4n) is 2.07. The van der Waals surface area contributed by atoms with Gasteiger partial charge in [0.05, 0.1) is 0 Å². The predicted octanol–water partition coefficient (Wildman–Crippen LogP) is 1.98. The van der Waals surface area contributed by atoms with Gasteiger partial charge < -0.3 is 5.32 Å². The van der Waals surface area contributed by atoms with Crippen LogP contribution in [0.3, 0.4) is 0 Å². The molecule has 1 heterocycles. The van der Waals surface area contributed by atoms with Gasteiger partial charge in [0, 0.05) is 18.5 Å². The molecule has 2 unspecified atom stereocenters. The zero-order chi connectivity index (χ0) is 8.48. The van der Waals surface area contributed by atoms with Gasteiger partial charge in [-0.3, -0.25) is 0 Å². The van der Waals surface area contributed by atoms with Crippen LogP contribution in [0.5, 0.6) is 0 Å². The van der Waals surface area contributed by atoms with Crippen LogP contribution in [0, 0.1) is 11.3 Å². The van der Waals surface area contributed by atoms with Gasteiger partial charge in [-0.15, -0.1) is 0 Å². The Balaban J connectivity index is 2.73. The molecule has 0 amide bonds. The van der Waals surface area contributed by atoms with Crippen LogP contribution in [0.2, 0.25) is 0 Å². The average Bonchev–Trinajstić information content (AvgIpc) is 2.32. The van der Waals surface area contributed by atoms with Crippen LogP contribution >= 0.6 is 0 Å². The van der Waals surface area contributed by atoms with Crippen LogP contribution in [0.1, 0.15) is 27.2 Å². The Hall–Kier alpha value is -0.110. The first-order valence-corrected chi connectivity index (χ1v) is 4.48. The van der Waals surface area contributed by atoms with E-state index in [-0.39, 0.29) is 5.41 Å². The van der Waals surface area contributed by atoms with Crippen LogP contribution in [-0.4, -0.2) is 19.3 Å². The van der Waals surface area contributed by atoms with E-state index in [9.17, 15) is 4.39 Å². The molecule has 2 atom stereocenters. The van der Waals surface area contributed by atoms with Crippen molar-refractivity contribution in [3.8, 4) is 0 Å². The summed E-state index contributed by atoms with van der Waals surface area (Å²) in [5, 5.41) is 3.12. The molecule has 11 heavy (non-hydrogen) atoms. The van der Waals surface area contributed by atoms with Crippen molar-refractivity contribution < 1.29 is 4.39 Å². The standard InChI is InChI=1S/C9H18FN/c1-4-9(7(2)3)6-11-5-8(9)10/h7-8,11H,4-6H2,1-3H3. The van der Waals surface area contributed by atoms with E-state index in [0.29, 0.717) is 12.5 Å². The number of nitrogens with one attached hydrogen (secondary N) is 1. The summed E-state index contributed by atoms with van der Waals surface area (Å²) in [6, 6.07) is 0. The van der Waals surface area contributed by atoms with Gasteiger partial charge >= 0.3 is 0 Å². The topological polar surface area (TPSA) is 12.0 Å². The summed E-state index contributed by atoms with van der Waals surface area (Å²) in [6.45, 7) is 7.71. The van der Waals surface area contributed by atoms with E-state index >= 15 is 0 Å². The molecule has 0 aliphatic carbocycles. The van der Waals surface area contributed by atoms with E-state index in [4.69, 9.17) is 0 Å². The van der Waals surface area contributed by atoms with Crippen molar-refractivity contribution in [1.29, 1.82) is 0 Å². The number of rotatable bonds is 2. The molecule has 0 spiro atoms. The van der Waals surface area contributed by atoms with E-state index in [1.165, 1.54) is 0 Å². The minimum Gasteiger partial charge on any atom is -0.313 e. The van der Waals surface area contributed by atoms with Crippen LogP contribution in [0.25, 0.3) is 0 Å². The van der Waals surface area contributed by atoms with Gasteiger partial charge in [-0.25, -0.2) is 4.39 Å². The second-order valence-corrected chi connectivity index (χ2v) is 3.84. The monoisotopic (exact) mass is 159 g/mol. The van der Waals surface area contributed by atoms with Gasteiger partial charge in [-0.1, -0.05) is 20.8 Å². The highest BCUT2D eigenvalue weighted by Crippen LogP contribution is 2.39. The predicted molar refractivity (Wildman–Crippen MR) is 45.3 cm³/mol. The number of halogens is 1. The smallest absolute Gasteiger partial charge is 0.120 e. The zero-order valence-electron chi connectivity index (χ0n) is 7.65. The molecule has 1 nitrogen and oxygen atoms in total. The van der Waals surface area contributed by atoms with Crippen molar-refractivity contribution in [2.75, 3.05) is 13.1 Å². The van der Waals surface area contributed by atoms with Gasteiger partial charge in [-0.05, 0) is 12.3 Å². The second-order valence-electron chi connectivity index (χ2n) is 3.84. The average molecular weight is 159 g/mol. The van der Waals surface area contributed by atoms with Crippen LogP contribution in [0.4, 0.5) is 4.39 Å². The molecule has 1 aliphatic rings. The lowest BCUT2D eigenvalue weighted by atomic mass is 9.73. The molecule has 66 valence electrons. The second kappa shape index (κ2) is 3.10. The number of hydrogen-bond donors (Lipinski definition) is 1. The summed E-state index contributed by atoms with van der Waals surface area (Å²) in [7, 11) is 0. The number of alkyl halides is 1. The minimum absolute atomic E-state index is 0.0833. The summed E-state index contributed by atoms with van der Waals surface area (Å²) < 4.78 is 13.4. The first kappa shape index (κ1) is 8.98.